The van der Waals surface area contributed by atoms with Gasteiger partial charge in [0.05, 0.1) is 11.4 Å². The second kappa shape index (κ2) is 10.4. The van der Waals surface area contributed by atoms with E-state index in [9.17, 15) is 23.4 Å². The van der Waals surface area contributed by atoms with Gasteiger partial charge in [-0.2, -0.15) is 8.42 Å². The number of carbonyl (C=O) groups excluding carboxylic acids is 1. The Labute approximate surface area is 238 Å². The van der Waals surface area contributed by atoms with Crippen LogP contribution in [0.2, 0.25) is 0 Å². The van der Waals surface area contributed by atoms with Crippen molar-refractivity contribution >= 4 is 27.3 Å². The van der Waals surface area contributed by atoms with Gasteiger partial charge < -0.3 is 25.5 Å². The first kappa shape index (κ1) is 27.9. The summed E-state index contributed by atoms with van der Waals surface area (Å²) in [6.45, 7) is 5.31. The van der Waals surface area contributed by atoms with E-state index in [1.165, 1.54) is 18.2 Å². The fourth-order valence-electron chi connectivity index (χ4n) is 5.34. The number of Topliss-reactive ketones (excluding diaryl/α,β-unsaturated/α-hetero) is 1. The Balaban J connectivity index is 1.55. The zero-order chi connectivity index (χ0) is 29.6. The van der Waals surface area contributed by atoms with Crippen molar-refractivity contribution in [2.24, 2.45) is 0 Å². The highest BCUT2D eigenvalue weighted by molar-refractivity contribution is 7.87. The van der Waals surface area contributed by atoms with Crippen molar-refractivity contribution in [2.75, 3.05) is 5.73 Å². The van der Waals surface area contributed by atoms with Gasteiger partial charge in [0.15, 0.2) is 0 Å². The van der Waals surface area contributed by atoms with Gasteiger partial charge in [-0.1, -0.05) is 42.5 Å². The average Bonchev–Trinajstić information content (AvgIpc) is 2.92. The summed E-state index contributed by atoms with van der Waals surface area (Å²) in [4.78, 5) is 12.4. The maximum Gasteiger partial charge on any atom is 0.339 e. The van der Waals surface area contributed by atoms with Crippen molar-refractivity contribution in [1.82, 2.24) is 0 Å². The molecule has 210 valence electrons. The lowest BCUT2D eigenvalue weighted by Gasteiger charge is -2.22. The van der Waals surface area contributed by atoms with Gasteiger partial charge in [0.2, 0.25) is 5.78 Å². The topological polar surface area (TPSA) is 151 Å². The molecule has 5 N–H and O–H groups in total. The van der Waals surface area contributed by atoms with Crippen LogP contribution in [0.15, 0.2) is 71.6 Å². The average molecular weight is 571 g/mol. The Morgan fingerprint density at radius 3 is 2.17 bits per heavy atom. The third-order valence-electron chi connectivity index (χ3n) is 7.52. The number of nitrogens with one attached hydrogen (secondary N) is 1. The summed E-state index contributed by atoms with van der Waals surface area (Å²) in [5, 5.41) is 28.2. The lowest BCUT2D eigenvalue weighted by Crippen LogP contribution is -2.24. The molecule has 0 saturated heterocycles. The summed E-state index contributed by atoms with van der Waals surface area (Å²) < 4.78 is 32.4. The van der Waals surface area contributed by atoms with Crippen molar-refractivity contribution in [2.45, 2.75) is 44.4 Å². The Morgan fingerprint density at radius 1 is 0.854 bits per heavy atom. The molecule has 9 heteroatoms. The first-order chi connectivity index (χ1) is 19.4. The minimum absolute atomic E-state index is 0.0150. The predicted molar refractivity (Wildman–Crippen MR) is 157 cm³/mol. The summed E-state index contributed by atoms with van der Waals surface area (Å²) in [5.74, 6) is -0.489. The minimum Gasteiger partial charge on any atom is -0.508 e. The number of ketones is 1. The van der Waals surface area contributed by atoms with Crippen LogP contribution in [-0.4, -0.2) is 30.1 Å². The number of fused-ring (bicyclic) bond motifs is 1. The Hall–Kier alpha value is -4.63. The number of benzene rings is 4. The van der Waals surface area contributed by atoms with Gasteiger partial charge in [-0.25, -0.2) is 0 Å². The van der Waals surface area contributed by atoms with E-state index in [2.05, 4.69) is 0 Å². The number of phenolic OH excluding ortho intramolecular Hbond substituents is 2. The van der Waals surface area contributed by atoms with E-state index in [4.69, 9.17) is 15.3 Å². The quantitative estimate of drug-likeness (QED) is 0.100. The highest BCUT2D eigenvalue weighted by Crippen LogP contribution is 2.39. The van der Waals surface area contributed by atoms with Crippen molar-refractivity contribution in [3.05, 3.63) is 111 Å². The van der Waals surface area contributed by atoms with Gasteiger partial charge in [-0.3, -0.25) is 4.79 Å². The number of carbonyl (C=O) groups is 1. The number of nitrogens with two attached hydrogens (primary N) is 1. The molecule has 0 spiro atoms. The van der Waals surface area contributed by atoms with Crippen LogP contribution >= 0.6 is 0 Å². The van der Waals surface area contributed by atoms with Crippen LogP contribution in [-0.2, 0) is 16.5 Å². The molecule has 1 unspecified atom stereocenters. The molecule has 0 aromatic heterocycles. The van der Waals surface area contributed by atoms with E-state index in [0.29, 0.717) is 22.3 Å². The molecular formula is C32H30N2O6S. The van der Waals surface area contributed by atoms with Gasteiger partial charge in [0.1, 0.15) is 22.1 Å². The standard InChI is InChI=1S/C32H30N2O6S/c1-17-13-20(7-11-27(17)35)30(22-15-19(3)31(36)26(34)16-22)21-8-12-28(18(2)14-21)40-41(38,39)29-6-4-5-24-23(29)9-10-25(33)32(24)37/h4-8,11-16,30,33,35-36H,9-10,34H2,1-3H3. The number of hydrogen-bond donors (Lipinski definition) is 4. The summed E-state index contributed by atoms with van der Waals surface area (Å²) >= 11 is 0. The molecule has 0 heterocycles. The normalized spacial score (nSPS) is 14.0. The van der Waals surface area contributed by atoms with Crippen LogP contribution in [0.25, 0.3) is 0 Å². The van der Waals surface area contributed by atoms with Gasteiger partial charge in [-0.15, -0.1) is 0 Å². The molecule has 41 heavy (non-hydrogen) atoms. The first-order valence-electron chi connectivity index (χ1n) is 13.0. The molecule has 1 aliphatic carbocycles. The van der Waals surface area contributed by atoms with Crippen LogP contribution in [0.3, 0.4) is 0 Å². The van der Waals surface area contributed by atoms with E-state index in [1.54, 1.807) is 45.0 Å². The fourth-order valence-corrected chi connectivity index (χ4v) is 6.62. The number of aromatic hydroxyl groups is 2. The largest absolute Gasteiger partial charge is 0.508 e. The molecule has 0 radical (unpaired) electrons. The van der Waals surface area contributed by atoms with E-state index in [1.807, 2.05) is 24.3 Å². The zero-order valence-corrected chi connectivity index (χ0v) is 23.7. The number of rotatable bonds is 6. The fraction of sp³-hybridized carbons (Fsp3) is 0.188. The summed E-state index contributed by atoms with van der Waals surface area (Å²) in [6, 6.07) is 18.5. The number of nitrogen functional groups attached to an aromatic ring is 1. The maximum atomic E-state index is 13.4. The molecule has 5 rings (SSSR count). The van der Waals surface area contributed by atoms with Gasteiger partial charge in [0, 0.05) is 11.5 Å². The first-order valence-corrected chi connectivity index (χ1v) is 14.5. The zero-order valence-electron chi connectivity index (χ0n) is 22.9. The molecule has 0 fully saturated rings. The molecular weight excluding hydrogens is 540 g/mol. The predicted octanol–water partition coefficient (Wildman–Crippen LogP) is 5.70. The molecule has 1 atom stereocenters. The second-order valence-electron chi connectivity index (χ2n) is 10.4. The third-order valence-corrected chi connectivity index (χ3v) is 8.84. The van der Waals surface area contributed by atoms with Crippen molar-refractivity contribution < 1.29 is 27.6 Å². The lowest BCUT2D eigenvalue weighted by molar-refractivity contribution is 0.105. The Morgan fingerprint density at radius 2 is 1.51 bits per heavy atom. The lowest BCUT2D eigenvalue weighted by atomic mass is 9.83. The Kier molecular flexibility index (Phi) is 7.08. The molecule has 0 bridgehead atoms. The Bertz CT molecular complexity index is 1820. The second-order valence-corrected chi connectivity index (χ2v) is 11.9. The molecule has 8 nitrogen and oxygen atoms in total. The van der Waals surface area contributed by atoms with Crippen molar-refractivity contribution in [3.63, 3.8) is 0 Å². The van der Waals surface area contributed by atoms with Gasteiger partial charge >= 0.3 is 10.1 Å². The van der Waals surface area contributed by atoms with Crippen LogP contribution in [0, 0.1) is 26.2 Å². The number of hydrogen-bond acceptors (Lipinski definition) is 8. The molecule has 1 aliphatic rings. The van der Waals surface area contributed by atoms with Crippen LogP contribution < -0.4 is 9.92 Å². The minimum atomic E-state index is -4.28. The molecule has 0 saturated carbocycles. The van der Waals surface area contributed by atoms with Crippen LogP contribution in [0.1, 0.15) is 61.6 Å². The molecule has 4 aromatic rings. The number of phenols is 2. The van der Waals surface area contributed by atoms with Gasteiger partial charge in [-0.05, 0) is 96.8 Å². The van der Waals surface area contributed by atoms with Gasteiger partial charge in [0.25, 0.3) is 0 Å². The molecule has 4 aromatic carbocycles. The number of aryl methyl sites for hydroxylation is 3. The monoisotopic (exact) mass is 570 g/mol. The molecule has 0 amide bonds. The summed E-state index contributed by atoms with van der Waals surface area (Å²) in [5.41, 5.74) is 11.3. The van der Waals surface area contributed by atoms with E-state index >= 15 is 0 Å². The van der Waals surface area contributed by atoms with E-state index in [0.717, 1.165) is 16.7 Å². The summed E-state index contributed by atoms with van der Waals surface area (Å²) in [7, 11) is -4.28. The molecule has 0 aliphatic heterocycles. The third kappa shape index (κ3) is 5.16. The smallest absolute Gasteiger partial charge is 0.339 e. The van der Waals surface area contributed by atoms with E-state index < -0.39 is 15.9 Å². The van der Waals surface area contributed by atoms with Crippen LogP contribution in [0.4, 0.5) is 5.69 Å². The summed E-state index contributed by atoms with van der Waals surface area (Å²) in [6.07, 6.45) is 0.435. The van der Waals surface area contributed by atoms with Crippen molar-refractivity contribution in [3.8, 4) is 17.2 Å². The highest BCUT2D eigenvalue weighted by Gasteiger charge is 2.30. The van der Waals surface area contributed by atoms with Crippen molar-refractivity contribution in [1.29, 1.82) is 5.41 Å². The SMILES string of the molecule is Cc1cc(C(c2ccc(OS(=O)(=O)c3cccc4c3CCC(=N)C4=O)c(C)c2)c2cc(C)c(O)c(N)c2)ccc1O. The number of anilines is 1. The maximum absolute atomic E-state index is 13.4. The van der Waals surface area contributed by atoms with E-state index in [-0.39, 0.29) is 57.9 Å². The van der Waals surface area contributed by atoms with Crippen LogP contribution in [0.5, 0.6) is 17.2 Å². The highest BCUT2D eigenvalue weighted by atomic mass is 32.2.